The number of hydrogen-bond acceptors (Lipinski definition) is 0. The lowest BCUT2D eigenvalue weighted by Crippen LogP contribution is -1.95. The van der Waals surface area contributed by atoms with Crippen LogP contribution in [0.4, 0.5) is 0 Å². The molecule has 2 heteroatoms. The van der Waals surface area contributed by atoms with Crippen molar-refractivity contribution in [3.05, 3.63) is 194 Å². The summed E-state index contributed by atoms with van der Waals surface area (Å²) < 4.78 is 4.81. The molecule has 0 radical (unpaired) electrons. The number of fused-ring (bicyclic) bond motifs is 8. The Labute approximate surface area is 301 Å². The predicted octanol–water partition coefficient (Wildman–Crippen LogP) is 13.5. The van der Waals surface area contributed by atoms with Gasteiger partial charge in [-0.15, -0.1) is 0 Å². The lowest BCUT2D eigenvalue weighted by atomic mass is 9.92. The Bertz CT molecular complexity index is 3170. The first-order valence-corrected chi connectivity index (χ1v) is 17.9. The van der Waals surface area contributed by atoms with Gasteiger partial charge in [-0.2, -0.15) is 0 Å². The molecule has 52 heavy (non-hydrogen) atoms. The van der Waals surface area contributed by atoms with Crippen molar-refractivity contribution in [2.24, 2.45) is 0 Å². The first kappa shape index (κ1) is 28.9. The highest BCUT2D eigenvalue weighted by Crippen LogP contribution is 2.41. The number of rotatable bonds is 4. The number of para-hydroxylation sites is 3. The smallest absolute Gasteiger partial charge is 0.0541 e. The van der Waals surface area contributed by atoms with Gasteiger partial charge in [0, 0.05) is 32.6 Å². The average molecular weight is 661 g/mol. The molecule has 0 spiro atoms. The van der Waals surface area contributed by atoms with E-state index in [0.29, 0.717) is 0 Å². The van der Waals surface area contributed by atoms with Crippen LogP contribution in [0.15, 0.2) is 194 Å². The maximum absolute atomic E-state index is 2.43. The minimum absolute atomic E-state index is 1.17. The summed E-state index contributed by atoms with van der Waals surface area (Å²) in [5.41, 5.74) is 12.2. The van der Waals surface area contributed by atoms with Crippen LogP contribution >= 0.6 is 0 Å². The van der Waals surface area contributed by atoms with Gasteiger partial charge < -0.3 is 9.13 Å². The minimum atomic E-state index is 1.17. The van der Waals surface area contributed by atoms with Crippen LogP contribution in [0.25, 0.3) is 98.8 Å². The third-order valence-electron chi connectivity index (χ3n) is 10.9. The molecule has 2 heterocycles. The molecule has 2 aromatic heterocycles. The molecule has 0 amide bonds. The van der Waals surface area contributed by atoms with Gasteiger partial charge in [-0.25, -0.2) is 0 Å². The molecule has 0 aliphatic heterocycles. The van der Waals surface area contributed by atoms with Crippen molar-refractivity contribution < 1.29 is 0 Å². The van der Waals surface area contributed by atoms with Crippen molar-refractivity contribution in [1.82, 2.24) is 9.13 Å². The molecule has 0 fully saturated rings. The number of nitrogens with zero attached hydrogens (tertiary/aromatic N) is 2. The number of hydrogen-bond donors (Lipinski definition) is 0. The maximum Gasteiger partial charge on any atom is 0.0541 e. The van der Waals surface area contributed by atoms with E-state index in [1.54, 1.807) is 0 Å². The van der Waals surface area contributed by atoms with Gasteiger partial charge in [-0.1, -0.05) is 140 Å². The van der Waals surface area contributed by atoms with Crippen molar-refractivity contribution >= 4 is 65.2 Å². The largest absolute Gasteiger partial charge is 0.309 e. The van der Waals surface area contributed by atoms with Crippen LogP contribution in [-0.4, -0.2) is 9.13 Å². The summed E-state index contributed by atoms with van der Waals surface area (Å²) in [5, 5.41) is 10.0. The maximum atomic E-state index is 2.43. The van der Waals surface area contributed by atoms with Crippen LogP contribution in [0.5, 0.6) is 0 Å². The normalized spacial score (nSPS) is 11.8. The van der Waals surface area contributed by atoms with Crippen molar-refractivity contribution in [2.75, 3.05) is 0 Å². The van der Waals surface area contributed by atoms with Crippen LogP contribution in [0, 0.1) is 0 Å². The van der Waals surface area contributed by atoms with E-state index < -0.39 is 0 Å². The fraction of sp³-hybridized carbons (Fsp3) is 0. The van der Waals surface area contributed by atoms with Crippen LogP contribution < -0.4 is 0 Å². The molecule has 9 aromatic carbocycles. The number of benzene rings is 9. The van der Waals surface area contributed by atoms with Crippen LogP contribution in [0.3, 0.4) is 0 Å². The molecule has 0 atom stereocenters. The van der Waals surface area contributed by atoms with Gasteiger partial charge in [0.1, 0.15) is 0 Å². The third kappa shape index (κ3) is 4.25. The Hall–Kier alpha value is -6.90. The Kier molecular flexibility index (Phi) is 6.28. The van der Waals surface area contributed by atoms with E-state index in [4.69, 9.17) is 0 Å². The highest BCUT2D eigenvalue weighted by Gasteiger charge is 2.17. The van der Waals surface area contributed by atoms with Crippen LogP contribution in [0.2, 0.25) is 0 Å². The lowest BCUT2D eigenvalue weighted by Gasteiger charge is -2.13. The second-order valence-corrected chi connectivity index (χ2v) is 13.7. The summed E-state index contributed by atoms with van der Waals surface area (Å²) in [4.78, 5) is 0. The van der Waals surface area contributed by atoms with Gasteiger partial charge in [0.15, 0.2) is 0 Å². The molecule has 0 unspecified atom stereocenters. The van der Waals surface area contributed by atoms with E-state index in [-0.39, 0.29) is 0 Å². The standard InChI is InChI=1S/C50H32N2/c1-2-15-36(16-3-1)51-47-24-8-6-18-42(47)44-31-34(27-29-49(44)51)37-20-11-23-41-38(21-12-22-40(37)41)35-28-30-50-45(32-35)43-19-7-9-25-48(43)52(50)46-26-10-14-33-13-4-5-17-39(33)46/h1-32H. The summed E-state index contributed by atoms with van der Waals surface area (Å²) in [7, 11) is 0. The zero-order valence-corrected chi connectivity index (χ0v) is 28.4. The zero-order chi connectivity index (χ0) is 34.2. The molecule has 0 bridgehead atoms. The van der Waals surface area contributed by atoms with E-state index in [1.807, 2.05) is 0 Å². The molecule has 0 aliphatic carbocycles. The van der Waals surface area contributed by atoms with E-state index in [2.05, 4.69) is 203 Å². The molecule has 0 N–H and O–H groups in total. The molecular formula is C50H32N2. The van der Waals surface area contributed by atoms with Crippen molar-refractivity contribution in [2.45, 2.75) is 0 Å². The highest BCUT2D eigenvalue weighted by atomic mass is 15.0. The Morgan fingerprint density at radius 3 is 1.38 bits per heavy atom. The molecule has 2 nitrogen and oxygen atoms in total. The SMILES string of the molecule is c1ccc(-n2c3ccccc3c3cc(-c4cccc5c(-c6ccc7c(c6)c6ccccc6n7-c6cccc7ccccc67)cccc45)ccc32)cc1. The fourth-order valence-electron chi connectivity index (χ4n) is 8.61. The first-order valence-electron chi connectivity index (χ1n) is 17.9. The predicted molar refractivity (Wildman–Crippen MR) is 221 cm³/mol. The summed E-state index contributed by atoms with van der Waals surface area (Å²) in [5.74, 6) is 0. The molecule has 0 saturated heterocycles. The third-order valence-corrected chi connectivity index (χ3v) is 10.9. The Balaban J connectivity index is 1.09. The van der Waals surface area contributed by atoms with Crippen molar-refractivity contribution in [3.63, 3.8) is 0 Å². The van der Waals surface area contributed by atoms with E-state index >= 15 is 0 Å². The van der Waals surface area contributed by atoms with E-state index in [9.17, 15) is 0 Å². The van der Waals surface area contributed by atoms with Gasteiger partial charge >= 0.3 is 0 Å². The van der Waals surface area contributed by atoms with Gasteiger partial charge in [0.25, 0.3) is 0 Å². The van der Waals surface area contributed by atoms with Gasteiger partial charge in [0.2, 0.25) is 0 Å². The van der Waals surface area contributed by atoms with Crippen LogP contribution in [-0.2, 0) is 0 Å². The highest BCUT2D eigenvalue weighted by molar-refractivity contribution is 6.14. The van der Waals surface area contributed by atoms with Gasteiger partial charge in [-0.3, -0.25) is 0 Å². The zero-order valence-electron chi connectivity index (χ0n) is 28.4. The monoisotopic (exact) mass is 660 g/mol. The first-order chi connectivity index (χ1) is 25.8. The fourth-order valence-corrected chi connectivity index (χ4v) is 8.61. The van der Waals surface area contributed by atoms with E-state index in [1.165, 1.54) is 98.8 Å². The molecule has 0 saturated carbocycles. The summed E-state index contributed by atoms with van der Waals surface area (Å²) >= 11 is 0. The van der Waals surface area contributed by atoms with Crippen LogP contribution in [0.1, 0.15) is 0 Å². The summed E-state index contributed by atoms with van der Waals surface area (Å²) in [6.07, 6.45) is 0. The minimum Gasteiger partial charge on any atom is -0.309 e. The average Bonchev–Trinajstić information content (AvgIpc) is 3.72. The second kappa shape index (κ2) is 11.3. The Morgan fingerprint density at radius 2 is 0.731 bits per heavy atom. The van der Waals surface area contributed by atoms with Crippen molar-refractivity contribution in [3.8, 4) is 33.6 Å². The summed E-state index contributed by atoms with van der Waals surface area (Å²) in [6, 6.07) is 71.0. The molecular weight excluding hydrogens is 629 g/mol. The topological polar surface area (TPSA) is 9.86 Å². The quantitative estimate of drug-likeness (QED) is 0.178. The van der Waals surface area contributed by atoms with Gasteiger partial charge in [-0.05, 0) is 93.0 Å². The van der Waals surface area contributed by atoms with Gasteiger partial charge in [0.05, 0.1) is 27.8 Å². The van der Waals surface area contributed by atoms with E-state index in [0.717, 1.165) is 0 Å². The summed E-state index contributed by atoms with van der Waals surface area (Å²) in [6.45, 7) is 0. The molecule has 0 aliphatic rings. The second-order valence-electron chi connectivity index (χ2n) is 13.7. The molecule has 242 valence electrons. The van der Waals surface area contributed by atoms with Crippen molar-refractivity contribution in [1.29, 1.82) is 0 Å². The molecule has 11 rings (SSSR count). The lowest BCUT2D eigenvalue weighted by molar-refractivity contribution is 1.18. The Morgan fingerprint density at radius 1 is 0.269 bits per heavy atom. The number of aromatic nitrogens is 2. The molecule has 11 aromatic rings.